The van der Waals surface area contributed by atoms with Crippen molar-refractivity contribution in [3.05, 3.63) is 29.4 Å². The quantitative estimate of drug-likeness (QED) is 0.756. The molecule has 1 amide bonds. The summed E-state index contributed by atoms with van der Waals surface area (Å²) in [6.07, 6.45) is 6.80. The summed E-state index contributed by atoms with van der Waals surface area (Å²) in [6.45, 7) is 2.70. The maximum atomic E-state index is 12.1. The van der Waals surface area contributed by atoms with Gasteiger partial charge in [-0.15, -0.1) is 0 Å². The van der Waals surface area contributed by atoms with Gasteiger partial charge in [0.25, 0.3) is 0 Å². The Morgan fingerprint density at radius 3 is 2.83 bits per heavy atom. The minimum atomic E-state index is -0.0422. The number of amides is 1. The fourth-order valence-electron chi connectivity index (χ4n) is 3.39. The number of rotatable bonds is 7. The number of halogens is 1. The van der Waals surface area contributed by atoms with Crippen molar-refractivity contribution in [2.24, 2.45) is 5.92 Å². The largest absolute Gasteiger partial charge is 0.353 e. The Balaban J connectivity index is 1.39. The van der Waals surface area contributed by atoms with Gasteiger partial charge in [-0.05, 0) is 37.4 Å². The minimum absolute atomic E-state index is 0.0422. The summed E-state index contributed by atoms with van der Waals surface area (Å²) in [6, 6.07) is 7.67. The van der Waals surface area contributed by atoms with Crippen molar-refractivity contribution in [1.82, 2.24) is 20.4 Å². The highest BCUT2D eigenvalue weighted by Gasteiger charge is 2.13. The lowest BCUT2D eigenvalue weighted by molar-refractivity contribution is -0.121. The van der Waals surface area contributed by atoms with Crippen molar-refractivity contribution in [3.63, 3.8) is 0 Å². The Morgan fingerprint density at radius 1 is 1.21 bits per heavy atom. The van der Waals surface area contributed by atoms with E-state index in [1.807, 2.05) is 24.3 Å². The average Bonchev–Trinajstić information content (AvgIpc) is 2.92. The molecule has 2 N–H and O–H groups in total. The molecule has 1 fully saturated rings. The van der Waals surface area contributed by atoms with Gasteiger partial charge >= 0.3 is 0 Å². The summed E-state index contributed by atoms with van der Waals surface area (Å²) in [4.78, 5) is 12.1. The Labute approximate surface area is 147 Å². The normalized spacial score (nSPS) is 15.7. The molecule has 1 aliphatic rings. The molecule has 0 aliphatic heterocycles. The van der Waals surface area contributed by atoms with Crippen molar-refractivity contribution in [3.8, 4) is 0 Å². The van der Waals surface area contributed by atoms with E-state index in [9.17, 15) is 4.79 Å². The van der Waals surface area contributed by atoms with Crippen LogP contribution in [0.25, 0.3) is 10.9 Å². The molecule has 2 aromatic rings. The van der Waals surface area contributed by atoms with E-state index in [1.165, 1.54) is 32.1 Å². The molecule has 1 aromatic heterocycles. The second-order valence-corrected chi connectivity index (χ2v) is 6.88. The van der Waals surface area contributed by atoms with Crippen LogP contribution in [0.3, 0.4) is 0 Å². The first-order chi connectivity index (χ1) is 11.7. The first-order valence-electron chi connectivity index (χ1n) is 8.82. The van der Waals surface area contributed by atoms with Crippen LogP contribution in [-0.4, -0.2) is 35.3 Å². The number of carbonyl (C=O) groups excluding carboxylic acids is 1. The van der Waals surface area contributed by atoms with Crippen LogP contribution in [0.4, 0.5) is 0 Å². The molecule has 5 nitrogen and oxygen atoms in total. The van der Waals surface area contributed by atoms with E-state index in [-0.39, 0.29) is 12.5 Å². The zero-order valence-electron chi connectivity index (χ0n) is 13.9. The third-order valence-electron chi connectivity index (χ3n) is 4.69. The summed E-state index contributed by atoms with van der Waals surface area (Å²) in [7, 11) is 0. The number of nitrogens with zero attached hydrogens (tertiary/aromatic N) is 2. The standard InChI is InChI=1S/C18H25ClN4O/c19-18-15-8-4-5-9-16(15)23(22-18)13-17(24)21-11-10-20-12-14-6-2-1-3-7-14/h4-5,8-9,14,20H,1-3,6-7,10-13H2,(H,21,24). The molecule has 0 unspecified atom stereocenters. The van der Waals surface area contributed by atoms with Crippen molar-refractivity contribution < 1.29 is 4.79 Å². The maximum Gasteiger partial charge on any atom is 0.241 e. The molecule has 24 heavy (non-hydrogen) atoms. The molecule has 0 atom stereocenters. The van der Waals surface area contributed by atoms with E-state index in [0.29, 0.717) is 11.7 Å². The van der Waals surface area contributed by atoms with E-state index >= 15 is 0 Å². The monoisotopic (exact) mass is 348 g/mol. The first-order valence-corrected chi connectivity index (χ1v) is 9.20. The van der Waals surface area contributed by atoms with Crippen LogP contribution in [-0.2, 0) is 11.3 Å². The highest BCUT2D eigenvalue weighted by Crippen LogP contribution is 2.23. The maximum absolute atomic E-state index is 12.1. The SMILES string of the molecule is O=C(Cn1nc(Cl)c2ccccc21)NCCNCC1CCCCC1. The lowest BCUT2D eigenvalue weighted by Crippen LogP contribution is -2.35. The number of para-hydroxylation sites is 1. The van der Waals surface area contributed by atoms with Gasteiger partial charge in [-0.1, -0.05) is 43.0 Å². The van der Waals surface area contributed by atoms with Crippen LogP contribution < -0.4 is 10.6 Å². The van der Waals surface area contributed by atoms with E-state index < -0.39 is 0 Å². The molecule has 0 saturated heterocycles. The molecule has 6 heteroatoms. The fraction of sp³-hybridized carbons (Fsp3) is 0.556. The van der Waals surface area contributed by atoms with Gasteiger partial charge in [-0.2, -0.15) is 5.10 Å². The van der Waals surface area contributed by atoms with Crippen molar-refractivity contribution in [2.75, 3.05) is 19.6 Å². The van der Waals surface area contributed by atoms with Crippen LogP contribution in [0.5, 0.6) is 0 Å². The van der Waals surface area contributed by atoms with Gasteiger partial charge in [0.2, 0.25) is 5.91 Å². The zero-order valence-corrected chi connectivity index (χ0v) is 14.7. The van der Waals surface area contributed by atoms with Gasteiger partial charge in [0.05, 0.1) is 5.52 Å². The number of hydrogen-bond acceptors (Lipinski definition) is 3. The second-order valence-electron chi connectivity index (χ2n) is 6.52. The van der Waals surface area contributed by atoms with E-state index in [1.54, 1.807) is 4.68 Å². The number of aromatic nitrogens is 2. The zero-order chi connectivity index (χ0) is 16.8. The molecule has 1 heterocycles. The van der Waals surface area contributed by atoms with Crippen molar-refractivity contribution in [1.29, 1.82) is 0 Å². The molecule has 3 rings (SSSR count). The predicted molar refractivity (Wildman–Crippen MR) is 97.2 cm³/mol. The molecular formula is C18H25ClN4O. The van der Waals surface area contributed by atoms with Gasteiger partial charge in [0, 0.05) is 18.5 Å². The minimum Gasteiger partial charge on any atom is -0.353 e. The van der Waals surface area contributed by atoms with Crippen molar-refractivity contribution in [2.45, 2.75) is 38.6 Å². The molecule has 1 saturated carbocycles. The van der Waals surface area contributed by atoms with Gasteiger partial charge in [-0.25, -0.2) is 0 Å². The predicted octanol–water partition coefficient (Wildman–Crippen LogP) is 2.98. The van der Waals surface area contributed by atoms with Crippen LogP contribution in [0.2, 0.25) is 5.15 Å². The van der Waals surface area contributed by atoms with E-state index in [0.717, 1.165) is 29.9 Å². The van der Waals surface area contributed by atoms with Crippen LogP contribution in [0, 0.1) is 5.92 Å². The Hall–Kier alpha value is -1.59. The highest BCUT2D eigenvalue weighted by molar-refractivity contribution is 6.34. The molecule has 1 aliphatic carbocycles. The summed E-state index contributed by atoms with van der Waals surface area (Å²) in [5, 5.41) is 11.9. The number of fused-ring (bicyclic) bond motifs is 1. The molecule has 0 radical (unpaired) electrons. The Morgan fingerprint density at radius 2 is 2.00 bits per heavy atom. The number of nitrogens with one attached hydrogen (secondary N) is 2. The van der Waals surface area contributed by atoms with E-state index in [4.69, 9.17) is 11.6 Å². The lowest BCUT2D eigenvalue weighted by Gasteiger charge is -2.21. The molecule has 1 aromatic carbocycles. The second kappa shape index (κ2) is 8.49. The Kier molecular flexibility index (Phi) is 6.10. The van der Waals surface area contributed by atoms with Crippen LogP contribution >= 0.6 is 11.6 Å². The summed E-state index contributed by atoms with van der Waals surface area (Å²) >= 11 is 6.11. The van der Waals surface area contributed by atoms with Crippen molar-refractivity contribution >= 4 is 28.4 Å². The Bertz CT molecular complexity index is 679. The third-order valence-corrected chi connectivity index (χ3v) is 4.97. The average molecular weight is 349 g/mol. The van der Waals surface area contributed by atoms with Crippen LogP contribution in [0.1, 0.15) is 32.1 Å². The number of hydrogen-bond donors (Lipinski definition) is 2. The first kappa shape index (κ1) is 17.2. The van der Waals surface area contributed by atoms with Crippen LogP contribution in [0.15, 0.2) is 24.3 Å². The summed E-state index contributed by atoms with van der Waals surface area (Å²) in [5.41, 5.74) is 0.882. The van der Waals surface area contributed by atoms with E-state index in [2.05, 4.69) is 15.7 Å². The molecule has 0 bridgehead atoms. The number of benzene rings is 1. The highest BCUT2D eigenvalue weighted by atomic mass is 35.5. The fourth-order valence-corrected chi connectivity index (χ4v) is 3.64. The third kappa shape index (κ3) is 4.48. The smallest absolute Gasteiger partial charge is 0.241 e. The molecule has 0 spiro atoms. The number of carbonyl (C=O) groups is 1. The van der Waals surface area contributed by atoms with Gasteiger partial charge in [0.1, 0.15) is 6.54 Å². The molecular weight excluding hydrogens is 324 g/mol. The lowest BCUT2D eigenvalue weighted by atomic mass is 9.89. The summed E-state index contributed by atoms with van der Waals surface area (Å²) < 4.78 is 1.66. The molecule has 130 valence electrons. The van der Waals surface area contributed by atoms with Gasteiger partial charge in [0.15, 0.2) is 5.15 Å². The van der Waals surface area contributed by atoms with Gasteiger partial charge in [-0.3, -0.25) is 9.48 Å². The summed E-state index contributed by atoms with van der Waals surface area (Å²) in [5.74, 6) is 0.770. The topological polar surface area (TPSA) is 59.0 Å². The van der Waals surface area contributed by atoms with Gasteiger partial charge < -0.3 is 10.6 Å².